The number of carbonyl (C=O) groups excluding carboxylic acids is 1. The van der Waals surface area contributed by atoms with E-state index < -0.39 is 0 Å². The monoisotopic (exact) mass is 183 g/mol. The molecule has 3 nitrogen and oxygen atoms in total. The SMILES string of the molecule is Cc1ccsc1C1COC(=O)N1. The number of thiophene rings is 1. The number of hydrogen-bond acceptors (Lipinski definition) is 3. The summed E-state index contributed by atoms with van der Waals surface area (Å²) >= 11 is 1.65. The Bertz CT molecular complexity index is 308. The van der Waals surface area contributed by atoms with Gasteiger partial charge in [0.05, 0.1) is 0 Å². The molecular weight excluding hydrogens is 174 g/mol. The Balaban J connectivity index is 2.21. The molecule has 2 rings (SSSR count). The lowest BCUT2D eigenvalue weighted by Crippen LogP contribution is -2.17. The van der Waals surface area contributed by atoms with Crippen molar-refractivity contribution in [2.75, 3.05) is 6.61 Å². The summed E-state index contributed by atoms with van der Waals surface area (Å²) in [7, 11) is 0. The van der Waals surface area contributed by atoms with Crippen molar-refractivity contribution in [1.29, 1.82) is 0 Å². The maximum Gasteiger partial charge on any atom is 0.407 e. The van der Waals surface area contributed by atoms with Crippen molar-refractivity contribution in [1.82, 2.24) is 5.32 Å². The standard InChI is InChI=1S/C8H9NO2S/c1-5-2-3-12-7(5)6-4-11-8(10)9-6/h2-3,6H,4H2,1H3,(H,9,10). The third-order valence-electron chi connectivity index (χ3n) is 1.89. The van der Waals surface area contributed by atoms with Crippen LogP contribution in [0.25, 0.3) is 0 Å². The smallest absolute Gasteiger partial charge is 0.407 e. The van der Waals surface area contributed by atoms with Gasteiger partial charge in [0.15, 0.2) is 0 Å². The quantitative estimate of drug-likeness (QED) is 0.721. The second-order valence-electron chi connectivity index (χ2n) is 2.76. The van der Waals surface area contributed by atoms with Crippen molar-refractivity contribution < 1.29 is 9.53 Å². The highest BCUT2D eigenvalue weighted by Crippen LogP contribution is 2.26. The zero-order chi connectivity index (χ0) is 8.55. The number of nitrogens with one attached hydrogen (secondary N) is 1. The first-order valence-electron chi connectivity index (χ1n) is 3.74. The average Bonchev–Trinajstić information content (AvgIpc) is 2.58. The van der Waals surface area contributed by atoms with Gasteiger partial charge in [-0.1, -0.05) is 0 Å². The highest BCUT2D eigenvalue weighted by Gasteiger charge is 2.25. The largest absolute Gasteiger partial charge is 0.447 e. The third-order valence-corrected chi connectivity index (χ3v) is 3.02. The summed E-state index contributed by atoms with van der Waals surface area (Å²) in [5.74, 6) is 0. The number of aryl methyl sites for hydroxylation is 1. The molecule has 1 aliphatic rings. The summed E-state index contributed by atoms with van der Waals surface area (Å²) in [6, 6.07) is 2.11. The van der Waals surface area contributed by atoms with Crippen LogP contribution < -0.4 is 5.32 Å². The van der Waals surface area contributed by atoms with Crippen LogP contribution in [0.15, 0.2) is 11.4 Å². The first kappa shape index (κ1) is 7.61. The Labute approximate surface area is 74.4 Å². The van der Waals surface area contributed by atoms with Gasteiger partial charge in [-0.2, -0.15) is 0 Å². The van der Waals surface area contributed by atoms with Crippen molar-refractivity contribution in [3.05, 3.63) is 21.9 Å². The fourth-order valence-electron chi connectivity index (χ4n) is 1.27. The molecule has 64 valence electrons. The zero-order valence-electron chi connectivity index (χ0n) is 6.66. The molecule has 1 fully saturated rings. The summed E-state index contributed by atoms with van der Waals surface area (Å²) in [6.07, 6.45) is -0.312. The average molecular weight is 183 g/mol. The minimum absolute atomic E-state index is 0.0671. The number of cyclic esters (lactones) is 1. The molecule has 1 N–H and O–H groups in total. The predicted octanol–water partition coefficient (Wildman–Crippen LogP) is 1.84. The number of alkyl carbamates (subject to hydrolysis) is 1. The molecule has 1 aromatic heterocycles. The molecule has 0 aromatic carbocycles. The number of rotatable bonds is 1. The Morgan fingerprint density at radius 1 is 1.75 bits per heavy atom. The van der Waals surface area contributed by atoms with Crippen LogP contribution in [0.3, 0.4) is 0 Å². The van der Waals surface area contributed by atoms with Crippen molar-refractivity contribution in [2.45, 2.75) is 13.0 Å². The van der Waals surface area contributed by atoms with Gasteiger partial charge >= 0.3 is 6.09 Å². The van der Waals surface area contributed by atoms with E-state index in [0.717, 1.165) is 0 Å². The van der Waals surface area contributed by atoms with Gasteiger partial charge in [-0.25, -0.2) is 4.79 Å². The van der Waals surface area contributed by atoms with E-state index in [0.29, 0.717) is 6.61 Å². The summed E-state index contributed by atoms with van der Waals surface area (Å²) in [4.78, 5) is 11.9. The maximum atomic E-state index is 10.7. The molecule has 0 aliphatic carbocycles. The molecule has 4 heteroatoms. The van der Waals surface area contributed by atoms with Gasteiger partial charge in [0.1, 0.15) is 12.6 Å². The molecule has 0 radical (unpaired) electrons. The van der Waals surface area contributed by atoms with Crippen LogP contribution in [0.5, 0.6) is 0 Å². The van der Waals surface area contributed by atoms with E-state index >= 15 is 0 Å². The molecule has 1 saturated heterocycles. The number of amides is 1. The topological polar surface area (TPSA) is 38.3 Å². The summed E-state index contributed by atoms with van der Waals surface area (Å²) in [5, 5.41) is 4.77. The van der Waals surface area contributed by atoms with Crippen LogP contribution in [-0.4, -0.2) is 12.7 Å². The van der Waals surface area contributed by atoms with E-state index in [1.807, 2.05) is 18.4 Å². The van der Waals surface area contributed by atoms with Gasteiger partial charge in [-0.3, -0.25) is 0 Å². The second-order valence-corrected chi connectivity index (χ2v) is 3.71. The summed E-state index contributed by atoms with van der Waals surface area (Å²) in [6.45, 7) is 2.50. The van der Waals surface area contributed by atoms with Crippen LogP contribution in [0.1, 0.15) is 16.5 Å². The van der Waals surface area contributed by atoms with E-state index in [-0.39, 0.29) is 12.1 Å². The van der Waals surface area contributed by atoms with E-state index in [1.54, 1.807) is 11.3 Å². The lowest BCUT2D eigenvalue weighted by Gasteiger charge is -2.04. The van der Waals surface area contributed by atoms with E-state index in [4.69, 9.17) is 4.74 Å². The van der Waals surface area contributed by atoms with Crippen LogP contribution >= 0.6 is 11.3 Å². The van der Waals surface area contributed by atoms with E-state index in [2.05, 4.69) is 5.32 Å². The van der Waals surface area contributed by atoms with Crippen LogP contribution in [0, 0.1) is 6.92 Å². The van der Waals surface area contributed by atoms with Gasteiger partial charge in [0, 0.05) is 4.88 Å². The molecule has 12 heavy (non-hydrogen) atoms. The number of hydrogen-bond donors (Lipinski definition) is 1. The van der Waals surface area contributed by atoms with Crippen molar-refractivity contribution >= 4 is 17.4 Å². The fraction of sp³-hybridized carbons (Fsp3) is 0.375. The van der Waals surface area contributed by atoms with Crippen LogP contribution in [-0.2, 0) is 4.74 Å². The minimum atomic E-state index is -0.312. The van der Waals surface area contributed by atoms with E-state index in [9.17, 15) is 4.79 Å². The first-order chi connectivity index (χ1) is 5.77. The highest BCUT2D eigenvalue weighted by atomic mass is 32.1. The highest BCUT2D eigenvalue weighted by molar-refractivity contribution is 7.10. The van der Waals surface area contributed by atoms with Gasteiger partial charge in [-0.05, 0) is 23.9 Å². The Morgan fingerprint density at radius 3 is 3.08 bits per heavy atom. The lowest BCUT2D eigenvalue weighted by atomic mass is 10.2. The molecule has 2 heterocycles. The molecular formula is C8H9NO2S. The van der Waals surface area contributed by atoms with Crippen molar-refractivity contribution in [2.24, 2.45) is 0 Å². The Hall–Kier alpha value is -1.03. The van der Waals surface area contributed by atoms with E-state index in [1.165, 1.54) is 10.4 Å². The van der Waals surface area contributed by atoms with Crippen LogP contribution in [0.4, 0.5) is 4.79 Å². The Kier molecular flexibility index (Phi) is 1.77. The molecule has 1 aliphatic heterocycles. The third kappa shape index (κ3) is 1.18. The Morgan fingerprint density at radius 2 is 2.58 bits per heavy atom. The zero-order valence-corrected chi connectivity index (χ0v) is 7.48. The van der Waals surface area contributed by atoms with Gasteiger partial charge in [0.25, 0.3) is 0 Å². The summed E-state index contributed by atoms with van der Waals surface area (Å²) < 4.78 is 4.80. The van der Waals surface area contributed by atoms with Crippen LogP contribution in [0.2, 0.25) is 0 Å². The molecule has 1 unspecified atom stereocenters. The molecule has 0 bridgehead atoms. The van der Waals surface area contributed by atoms with Gasteiger partial charge in [-0.15, -0.1) is 11.3 Å². The normalized spacial score (nSPS) is 22.1. The molecule has 0 spiro atoms. The molecule has 1 amide bonds. The van der Waals surface area contributed by atoms with Gasteiger partial charge < -0.3 is 10.1 Å². The molecule has 0 saturated carbocycles. The minimum Gasteiger partial charge on any atom is -0.447 e. The lowest BCUT2D eigenvalue weighted by molar-refractivity contribution is 0.177. The molecule has 1 atom stereocenters. The predicted molar refractivity (Wildman–Crippen MR) is 46.3 cm³/mol. The number of ether oxygens (including phenoxy) is 1. The van der Waals surface area contributed by atoms with Crippen molar-refractivity contribution in [3.63, 3.8) is 0 Å². The second kappa shape index (κ2) is 2.79. The number of carbonyl (C=O) groups is 1. The van der Waals surface area contributed by atoms with Crippen molar-refractivity contribution in [3.8, 4) is 0 Å². The fourth-order valence-corrected chi connectivity index (χ4v) is 2.23. The summed E-state index contributed by atoms with van der Waals surface area (Å²) in [5.41, 5.74) is 1.22. The first-order valence-corrected chi connectivity index (χ1v) is 4.62. The molecule has 1 aromatic rings. The van der Waals surface area contributed by atoms with Gasteiger partial charge in [0.2, 0.25) is 0 Å². The maximum absolute atomic E-state index is 10.7.